The fraction of sp³-hybridized carbons (Fsp3) is 0.412. The standard InChI is InChI=1S/C17H22N2O2/c1-15-18-12-14-19(15)13-8-3-2-7-11-17(20)21-16-9-5-4-6-10-16/h4-6,9-10,12,14H,2-3,7-8,11,13H2,1H3. The Balaban J connectivity index is 1.53. The second-order valence-corrected chi connectivity index (χ2v) is 5.12. The summed E-state index contributed by atoms with van der Waals surface area (Å²) in [7, 11) is 0. The lowest BCUT2D eigenvalue weighted by molar-refractivity contribution is -0.134. The fourth-order valence-electron chi connectivity index (χ4n) is 2.22. The van der Waals surface area contributed by atoms with Crippen molar-refractivity contribution in [3.63, 3.8) is 0 Å². The van der Waals surface area contributed by atoms with Crippen LogP contribution in [0.5, 0.6) is 5.75 Å². The number of unbranched alkanes of at least 4 members (excludes halogenated alkanes) is 3. The van der Waals surface area contributed by atoms with E-state index in [9.17, 15) is 4.79 Å². The van der Waals surface area contributed by atoms with Crippen molar-refractivity contribution in [2.45, 2.75) is 45.6 Å². The lowest BCUT2D eigenvalue weighted by Gasteiger charge is -2.05. The number of aromatic nitrogens is 2. The Labute approximate surface area is 125 Å². The number of nitrogens with zero attached hydrogens (tertiary/aromatic N) is 2. The zero-order chi connectivity index (χ0) is 14.9. The first-order valence-corrected chi connectivity index (χ1v) is 7.49. The molecule has 0 amide bonds. The van der Waals surface area contributed by atoms with Crippen molar-refractivity contribution >= 4 is 5.97 Å². The number of carbonyl (C=O) groups is 1. The van der Waals surface area contributed by atoms with Crippen LogP contribution in [0, 0.1) is 6.92 Å². The molecule has 4 heteroatoms. The minimum absolute atomic E-state index is 0.147. The van der Waals surface area contributed by atoms with E-state index in [1.54, 1.807) is 12.1 Å². The first-order valence-electron chi connectivity index (χ1n) is 7.49. The maximum atomic E-state index is 11.6. The molecule has 0 fully saturated rings. The summed E-state index contributed by atoms with van der Waals surface area (Å²) in [5.74, 6) is 1.53. The van der Waals surface area contributed by atoms with Crippen LogP contribution in [0.25, 0.3) is 0 Å². The summed E-state index contributed by atoms with van der Waals surface area (Å²) >= 11 is 0. The van der Waals surface area contributed by atoms with E-state index < -0.39 is 0 Å². The number of hydrogen-bond acceptors (Lipinski definition) is 3. The monoisotopic (exact) mass is 286 g/mol. The molecule has 0 atom stereocenters. The average Bonchev–Trinajstić information content (AvgIpc) is 2.89. The van der Waals surface area contributed by atoms with Gasteiger partial charge in [-0.15, -0.1) is 0 Å². The molecular weight excluding hydrogens is 264 g/mol. The van der Waals surface area contributed by atoms with Crippen LogP contribution in [-0.2, 0) is 11.3 Å². The number of imidazole rings is 1. The SMILES string of the molecule is Cc1nccn1CCCCCCC(=O)Oc1ccccc1. The molecule has 2 rings (SSSR count). The third-order valence-corrected chi connectivity index (χ3v) is 3.43. The zero-order valence-corrected chi connectivity index (χ0v) is 12.5. The quantitative estimate of drug-likeness (QED) is 0.422. The third kappa shape index (κ3) is 5.42. The van der Waals surface area contributed by atoms with E-state index in [0.717, 1.165) is 38.1 Å². The van der Waals surface area contributed by atoms with Crippen molar-refractivity contribution in [3.05, 3.63) is 48.5 Å². The molecule has 0 unspecified atom stereocenters. The number of para-hydroxylation sites is 1. The maximum Gasteiger partial charge on any atom is 0.311 e. The van der Waals surface area contributed by atoms with E-state index in [1.807, 2.05) is 37.5 Å². The Morgan fingerprint density at radius 2 is 1.90 bits per heavy atom. The predicted molar refractivity (Wildman–Crippen MR) is 82.1 cm³/mol. The van der Waals surface area contributed by atoms with Gasteiger partial charge in [-0.2, -0.15) is 0 Å². The second kappa shape index (κ2) is 8.25. The number of benzene rings is 1. The van der Waals surface area contributed by atoms with E-state index >= 15 is 0 Å². The van der Waals surface area contributed by atoms with Crippen molar-refractivity contribution in [2.24, 2.45) is 0 Å². The van der Waals surface area contributed by atoms with Crippen LogP contribution in [0.3, 0.4) is 0 Å². The van der Waals surface area contributed by atoms with Crippen LogP contribution in [0.1, 0.15) is 37.9 Å². The van der Waals surface area contributed by atoms with Gasteiger partial charge in [0, 0.05) is 25.4 Å². The number of aryl methyl sites for hydroxylation is 2. The first kappa shape index (κ1) is 15.3. The Kier molecular flexibility index (Phi) is 6.00. The van der Waals surface area contributed by atoms with Crippen molar-refractivity contribution < 1.29 is 9.53 Å². The van der Waals surface area contributed by atoms with Gasteiger partial charge in [-0.3, -0.25) is 4.79 Å². The summed E-state index contributed by atoms with van der Waals surface area (Å²) in [6.07, 6.45) is 8.49. The highest BCUT2D eigenvalue weighted by molar-refractivity contribution is 5.72. The number of ether oxygens (including phenoxy) is 1. The molecule has 0 aliphatic rings. The van der Waals surface area contributed by atoms with Gasteiger partial charge in [0.2, 0.25) is 0 Å². The van der Waals surface area contributed by atoms with Crippen LogP contribution in [0.2, 0.25) is 0 Å². The lowest BCUT2D eigenvalue weighted by Crippen LogP contribution is -2.07. The molecule has 2 aromatic rings. The zero-order valence-electron chi connectivity index (χ0n) is 12.5. The van der Waals surface area contributed by atoms with Gasteiger partial charge in [0.1, 0.15) is 11.6 Å². The van der Waals surface area contributed by atoms with Gasteiger partial charge in [0.25, 0.3) is 0 Å². The van der Waals surface area contributed by atoms with Crippen LogP contribution in [0.4, 0.5) is 0 Å². The topological polar surface area (TPSA) is 44.1 Å². The molecule has 1 aromatic heterocycles. The number of hydrogen-bond donors (Lipinski definition) is 0. The molecule has 1 aromatic carbocycles. The van der Waals surface area contributed by atoms with Gasteiger partial charge < -0.3 is 9.30 Å². The highest BCUT2D eigenvalue weighted by Crippen LogP contribution is 2.11. The summed E-state index contributed by atoms with van der Waals surface area (Å²) < 4.78 is 7.40. The van der Waals surface area contributed by atoms with E-state index in [1.165, 1.54) is 0 Å². The molecule has 0 N–H and O–H groups in total. The minimum Gasteiger partial charge on any atom is -0.427 e. The van der Waals surface area contributed by atoms with Gasteiger partial charge in [-0.05, 0) is 31.9 Å². The summed E-state index contributed by atoms with van der Waals surface area (Å²) in [5, 5.41) is 0. The molecule has 0 aliphatic heterocycles. The Hall–Kier alpha value is -2.10. The summed E-state index contributed by atoms with van der Waals surface area (Å²) in [6.45, 7) is 3.01. The van der Waals surface area contributed by atoms with Crippen LogP contribution < -0.4 is 4.74 Å². The minimum atomic E-state index is -0.147. The smallest absolute Gasteiger partial charge is 0.311 e. The number of rotatable bonds is 8. The van der Waals surface area contributed by atoms with Gasteiger partial charge in [0.05, 0.1) is 0 Å². The number of esters is 1. The van der Waals surface area contributed by atoms with Crippen molar-refractivity contribution in [3.8, 4) is 5.75 Å². The van der Waals surface area contributed by atoms with E-state index in [-0.39, 0.29) is 5.97 Å². The van der Waals surface area contributed by atoms with Crippen molar-refractivity contribution in [2.75, 3.05) is 0 Å². The molecule has 1 heterocycles. The second-order valence-electron chi connectivity index (χ2n) is 5.12. The highest BCUT2D eigenvalue weighted by atomic mass is 16.5. The van der Waals surface area contributed by atoms with Crippen LogP contribution >= 0.6 is 0 Å². The fourth-order valence-corrected chi connectivity index (χ4v) is 2.22. The largest absolute Gasteiger partial charge is 0.427 e. The van der Waals surface area contributed by atoms with Crippen LogP contribution in [-0.4, -0.2) is 15.5 Å². The number of carbonyl (C=O) groups excluding carboxylic acids is 1. The molecule has 0 spiro atoms. The first-order chi connectivity index (χ1) is 10.3. The van der Waals surface area contributed by atoms with Gasteiger partial charge >= 0.3 is 5.97 Å². The Morgan fingerprint density at radius 3 is 2.62 bits per heavy atom. The van der Waals surface area contributed by atoms with Crippen LogP contribution in [0.15, 0.2) is 42.7 Å². The highest BCUT2D eigenvalue weighted by Gasteiger charge is 2.04. The van der Waals surface area contributed by atoms with Gasteiger partial charge in [0.15, 0.2) is 0 Å². The molecule has 4 nitrogen and oxygen atoms in total. The van der Waals surface area contributed by atoms with Gasteiger partial charge in [-0.25, -0.2) is 4.98 Å². The molecule has 0 bridgehead atoms. The molecular formula is C17H22N2O2. The third-order valence-electron chi connectivity index (χ3n) is 3.43. The summed E-state index contributed by atoms with van der Waals surface area (Å²) in [6, 6.07) is 9.22. The molecule has 112 valence electrons. The van der Waals surface area contributed by atoms with E-state index in [2.05, 4.69) is 9.55 Å². The lowest BCUT2D eigenvalue weighted by atomic mass is 10.1. The Morgan fingerprint density at radius 1 is 1.14 bits per heavy atom. The predicted octanol–water partition coefficient (Wildman–Crippen LogP) is 3.75. The molecule has 21 heavy (non-hydrogen) atoms. The van der Waals surface area contributed by atoms with Gasteiger partial charge in [-0.1, -0.05) is 31.0 Å². The maximum absolute atomic E-state index is 11.6. The molecule has 0 aliphatic carbocycles. The molecule has 0 radical (unpaired) electrons. The van der Waals surface area contributed by atoms with E-state index in [0.29, 0.717) is 12.2 Å². The van der Waals surface area contributed by atoms with Crippen molar-refractivity contribution in [1.29, 1.82) is 0 Å². The molecule has 0 saturated carbocycles. The van der Waals surface area contributed by atoms with Crippen molar-refractivity contribution in [1.82, 2.24) is 9.55 Å². The molecule has 0 saturated heterocycles. The van der Waals surface area contributed by atoms with E-state index in [4.69, 9.17) is 4.74 Å². The summed E-state index contributed by atoms with van der Waals surface area (Å²) in [5.41, 5.74) is 0. The Bertz CT molecular complexity index is 549. The average molecular weight is 286 g/mol. The normalized spacial score (nSPS) is 10.5. The summed E-state index contributed by atoms with van der Waals surface area (Å²) in [4.78, 5) is 15.8.